The van der Waals surface area contributed by atoms with Crippen molar-refractivity contribution < 1.29 is 13.9 Å². The predicted molar refractivity (Wildman–Crippen MR) is 75.6 cm³/mol. The van der Waals surface area contributed by atoms with Gasteiger partial charge in [-0.15, -0.1) is 0 Å². The number of aliphatic hydroxyl groups is 1. The summed E-state index contributed by atoms with van der Waals surface area (Å²) in [5.41, 5.74) is 1.68. The zero-order valence-electron chi connectivity index (χ0n) is 12.1. The number of nitrogens with one attached hydrogen (secondary N) is 1. The van der Waals surface area contributed by atoms with E-state index in [0.29, 0.717) is 6.54 Å². The van der Waals surface area contributed by atoms with Crippen molar-refractivity contribution in [3.63, 3.8) is 0 Å². The highest BCUT2D eigenvalue weighted by Crippen LogP contribution is 2.20. The molecule has 2 N–H and O–H groups in total. The number of aliphatic hydroxyl groups excluding tert-OH is 1. The lowest BCUT2D eigenvalue weighted by Gasteiger charge is -2.13. The third-order valence-electron chi connectivity index (χ3n) is 3.31. The Balaban J connectivity index is 1.97. The monoisotopic (exact) mass is 295 g/mol. The van der Waals surface area contributed by atoms with Crippen LogP contribution in [-0.2, 0) is 20.0 Å². The Kier molecular flexibility index (Phi) is 5.03. The minimum atomic E-state index is -1.23. The fourth-order valence-electron chi connectivity index (χ4n) is 2.30. The van der Waals surface area contributed by atoms with Gasteiger partial charge < -0.3 is 10.4 Å². The van der Waals surface area contributed by atoms with Crippen molar-refractivity contribution >= 4 is 0 Å². The first-order chi connectivity index (χ1) is 10.0. The van der Waals surface area contributed by atoms with Crippen molar-refractivity contribution in [2.45, 2.75) is 26.0 Å². The van der Waals surface area contributed by atoms with Gasteiger partial charge in [-0.05, 0) is 18.6 Å². The number of hydrogen-bond donors (Lipinski definition) is 2. The topological polar surface area (TPSA) is 50.1 Å². The molecule has 1 atom stereocenters. The van der Waals surface area contributed by atoms with Gasteiger partial charge in [0.05, 0.1) is 17.4 Å². The lowest BCUT2D eigenvalue weighted by Crippen LogP contribution is -2.22. The third-order valence-corrected chi connectivity index (χ3v) is 3.31. The number of aryl methyl sites for hydroxylation is 2. The maximum atomic E-state index is 13.5. The van der Waals surface area contributed by atoms with Gasteiger partial charge in [0.15, 0.2) is 0 Å². The summed E-state index contributed by atoms with van der Waals surface area (Å²) >= 11 is 0. The quantitative estimate of drug-likeness (QED) is 0.858. The molecular formula is C15H19F2N3O. The molecule has 1 aromatic heterocycles. The van der Waals surface area contributed by atoms with E-state index < -0.39 is 17.7 Å². The summed E-state index contributed by atoms with van der Waals surface area (Å²) in [5.74, 6) is -1.47. The van der Waals surface area contributed by atoms with Crippen LogP contribution in [-0.4, -0.2) is 21.4 Å². The van der Waals surface area contributed by atoms with E-state index in [1.165, 1.54) is 6.07 Å². The first-order valence-corrected chi connectivity index (χ1v) is 6.87. The summed E-state index contributed by atoms with van der Waals surface area (Å²) in [6, 6.07) is 3.55. The van der Waals surface area contributed by atoms with Gasteiger partial charge in [0, 0.05) is 31.9 Å². The Labute approximate surface area is 122 Å². The van der Waals surface area contributed by atoms with Crippen LogP contribution in [0.25, 0.3) is 0 Å². The second-order valence-corrected chi connectivity index (χ2v) is 4.91. The summed E-state index contributed by atoms with van der Waals surface area (Å²) in [6.45, 7) is 2.56. The van der Waals surface area contributed by atoms with Crippen molar-refractivity contribution in [1.82, 2.24) is 15.1 Å². The zero-order valence-corrected chi connectivity index (χ0v) is 12.1. The average Bonchev–Trinajstić information content (AvgIpc) is 2.79. The minimum absolute atomic E-state index is 0.0654. The molecule has 0 aliphatic carbocycles. The standard InChI is InChI=1S/C15H19F2N3O/c1-3-13-10(9-20(2)19-13)7-18-8-14(21)15-11(16)5-4-6-12(15)17/h4-6,9,14,18,21H,3,7-8H2,1-2H3. The summed E-state index contributed by atoms with van der Waals surface area (Å²) in [5, 5.41) is 17.2. The number of rotatable bonds is 6. The van der Waals surface area contributed by atoms with E-state index in [4.69, 9.17) is 0 Å². The van der Waals surface area contributed by atoms with Crippen molar-refractivity contribution in [1.29, 1.82) is 0 Å². The SMILES string of the molecule is CCc1nn(C)cc1CNCC(O)c1c(F)cccc1F. The van der Waals surface area contributed by atoms with E-state index in [-0.39, 0.29) is 12.1 Å². The van der Waals surface area contributed by atoms with Gasteiger partial charge in [0.2, 0.25) is 0 Å². The molecule has 2 aromatic rings. The van der Waals surface area contributed by atoms with Gasteiger partial charge in [-0.1, -0.05) is 13.0 Å². The van der Waals surface area contributed by atoms with Gasteiger partial charge in [-0.25, -0.2) is 8.78 Å². The van der Waals surface area contributed by atoms with E-state index in [1.54, 1.807) is 4.68 Å². The molecular weight excluding hydrogens is 276 g/mol. The molecule has 0 saturated carbocycles. The van der Waals surface area contributed by atoms with Crippen LogP contribution >= 0.6 is 0 Å². The van der Waals surface area contributed by atoms with Crippen LogP contribution in [0.5, 0.6) is 0 Å². The molecule has 0 aliphatic rings. The van der Waals surface area contributed by atoms with Crippen molar-refractivity contribution in [3.05, 3.63) is 52.9 Å². The molecule has 1 unspecified atom stereocenters. The molecule has 0 saturated heterocycles. The first-order valence-electron chi connectivity index (χ1n) is 6.87. The van der Waals surface area contributed by atoms with E-state index in [9.17, 15) is 13.9 Å². The van der Waals surface area contributed by atoms with Crippen LogP contribution in [0, 0.1) is 11.6 Å². The molecule has 114 valence electrons. The highest BCUT2D eigenvalue weighted by atomic mass is 19.1. The van der Waals surface area contributed by atoms with Crippen LogP contribution < -0.4 is 5.32 Å². The Morgan fingerprint density at radius 2 is 2.00 bits per heavy atom. The minimum Gasteiger partial charge on any atom is -0.387 e. The predicted octanol–water partition coefficient (Wildman–Crippen LogP) is 2.08. The van der Waals surface area contributed by atoms with Crippen molar-refractivity contribution in [2.75, 3.05) is 6.54 Å². The second kappa shape index (κ2) is 6.78. The summed E-state index contributed by atoms with van der Waals surface area (Å²) in [4.78, 5) is 0. The summed E-state index contributed by atoms with van der Waals surface area (Å²) in [7, 11) is 1.84. The van der Waals surface area contributed by atoms with Crippen molar-refractivity contribution in [3.8, 4) is 0 Å². The zero-order chi connectivity index (χ0) is 15.4. The van der Waals surface area contributed by atoms with Gasteiger partial charge in [0.25, 0.3) is 0 Å². The normalized spacial score (nSPS) is 12.6. The molecule has 1 aromatic carbocycles. The molecule has 21 heavy (non-hydrogen) atoms. The molecule has 6 heteroatoms. The Bertz CT molecular complexity index is 593. The van der Waals surface area contributed by atoms with E-state index in [1.807, 2.05) is 20.2 Å². The molecule has 0 radical (unpaired) electrons. The van der Waals surface area contributed by atoms with Gasteiger partial charge >= 0.3 is 0 Å². The molecule has 4 nitrogen and oxygen atoms in total. The molecule has 0 amide bonds. The van der Waals surface area contributed by atoms with Crippen molar-refractivity contribution in [2.24, 2.45) is 7.05 Å². The smallest absolute Gasteiger partial charge is 0.131 e. The fraction of sp³-hybridized carbons (Fsp3) is 0.400. The number of aromatic nitrogens is 2. The number of halogens is 2. The van der Waals surface area contributed by atoms with Crippen LogP contribution in [0.2, 0.25) is 0 Å². The number of hydrogen-bond acceptors (Lipinski definition) is 3. The van der Waals surface area contributed by atoms with Crippen LogP contribution in [0.3, 0.4) is 0 Å². The van der Waals surface area contributed by atoms with Crippen LogP contribution in [0.15, 0.2) is 24.4 Å². The highest BCUT2D eigenvalue weighted by molar-refractivity contribution is 5.22. The van der Waals surface area contributed by atoms with E-state index >= 15 is 0 Å². The molecule has 0 fully saturated rings. The summed E-state index contributed by atoms with van der Waals surface area (Å²) in [6.07, 6.45) is 1.47. The fourth-order valence-corrected chi connectivity index (χ4v) is 2.30. The maximum absolute atomic E-state index is 13.5. The largest absolute Gasteiger partial charge is 0.387 e. The molecule has 0 spiro atoms. The Hall–Kier alpha value is -1.79. The maximum Gasteiger partial charge on any atom is 0.131 e. The lowest BCUT2D eigenvalue weighted by molar-refractivity contribution is 0.164. The van der Waals surface area contributed by atoms with Crippen LogP contribution in [0.1, 0.15) is 29.8 Å². The Morgan fingerprint density at radius 3 is 2.62 bits per heavy atom. The third kappa shape index (κ3) is 3.65. The summed E-state index contributed by atoms with van der Waals surface area (Å²) < 4.78 is 28.8. The van der Waals surface area contributed by atoms with E-state index in [0.717, 1.165) is 29.8 Å². The average molecular weight is 295 g/mol. The second-order valence-electron chi connectivity index (χ2n) is 4.91. The van der Waals surface area contributed by atoms with E-state index in [2.05, 4.69) is 10.4 Å². The molecule has 0 bridgehead atoms. The molecule has 1 heterocycles. The number of benzene rings is 1. The molecule has 0 aliphatic heterocycles. The molecule has 2 rings (SSSR count). The lowest BCUT2D eigenvalue weighted by atomic mass is 10.1. The Morgan fingerprint density at radius 1 is 1.33 bits per heavy atom. The number of nitrogens with zero attached hydrogens (tertiary/aromatic N) is 2. The highest BCUT2D eigenvalue weighted by Gasteiger charge is 2.17. The van der Waals surface area contributed by atoms with Gasteiger partial charge in [-0.2, -0.15) is 5.10 Å². The van der Waals surface area contributed by atoms with Crippen LogP contribution in [0.4, 0.5) is 8.78 Å². The van der Waals surface area contributed by atoms with Gasteiger partial charge in [-0.3, -0.25) is 4.68 Å². The van der Waals surface area contributed by atoms with Gasteiger partial charge in [0.1, 0.15) is 11.6 Å². The first kappa shape index (κ1) is 15.6.